The number of amides is 3. The maximum absolute atomic E-state index is 13.4. The Bertz CT molecular complexity index is 1180. The van der Waals surface area contributed by atoms with Crippen molar-refractivity contribution >= 4 is 34.4 Å². The molecule has 0 bridgehead atoms. The second kappa shape index (κ2) is 10.4. The van der Waals surface area contributed by atoms with E-state index < -0.39 is 23.6 Å². The Labute approximate surface area is 200 Å². The van der Waals surface area contributed by atoms with Crippen LogP contribution in [-0.2, 0) is 14.3 Å². The van der Waals surface area contributed by atoms with Crippen LogP contribution < -0.4 is 10.6 Å². The number of ether oxygens (including phenoxy) is 1. The van der Waals surface area contributed by atoms with Gasteiger partial charge in [-0.2, -0.15) is 0 Å². The second-order valence-corrected chi connectivity index (χ2v) is 9.22. The van der Waals surface area contributed by atoms with Crippen LogP contribution in [0.2, 0.25) is 0 Å². The molecule has 34 heavy (non-hydrogen) atoms. The molecule has 1 unspecified atom stereocenters. The third-order valence-corrected chi connectivity index (χ3v) is 5.22. The topological polar surface area (TPSA) is 87.7 Å². The van der Waals surface area contributed by atoms with E-state index in [2.05, 4.69) is 10.6 Å². The standard InChI is InChI=1S/C27H31N3O4/c1-18-10-12-20(13-11-18)24(30(5)23(31)17-28-26(33)34-27(2,3)4)25(32)29-22-15-14-19-8-6-7-9-21(19)16-22/h6-16,24H,17H2,1-5H3,(H,28,33)(H,29,32). The Balaban J connectivity index is 1.79. The first-order valence-corrected chi connectivity index (χ1v) is 11.1. The lowest BCUT2D eigenvalue weighted by Gasteiger charge is -2.28. The molecule has 0 aliphatic heterocycles. The minimum atomic E-state index is -0.889. The molecule has 1 atom stereocenters. The molecule has 0 aliphatic rings. The van der Waals surface area contributed by atoms with Gasteiger partial charge in [0.05, 0.1) is 0 Å². The van der Waals surface area contributed by atoms with Crippen LogP contribution in [0.15, 0.2) is 66.7 Å². The van der Waals surface area contributed by atoms with E-state index in [0.717, 1.165) is 16.3 Å². The molecular weight excluding hydrogens is 430 g/mol. The fraction of sp³-hybridized carbons (Fsp3) is 0.296. The van der Waals surface area contributed by atoms with Crippen molar-refractivity contribution in [2.75, 3.05) is 18.9 Å². The molecule has 3 amide bonds. The summed E-state index contributed by atoms with van der Waals surface area (Å²) in [5.74, 6) is -0.780. The number of aryl methyl sites for hydroxylation is 1. The average molecular weight is 462 g/mol. The number of carbonyl (C=O) groups excluding carboxylic acids is 3. The van der Waals surface area contributed by atoms with Crippen molar-refractivity contribution in [2.24, 2.45) is 0 Å². The van der Waals surface area contributed by atoms with Gasteiger partial charge in [0.1, 0.15) is 18.2 Å². The summed E-state index contributed by atoms with van der Waals surface area (Å²) in [6.07, 6.45) is -0.693. The van der Waals surface area contributed by atoms with Crippen LogP contribution in [0.4, 0.5) is 10.5 Å². The van der Waals surface area contributed by atoms with E-state index in [9.17, 15) is 14.4 Å². The molecule has 0 spiro atoms. The van der Waals surface area contributed by atoms with Crippen molar-refractivity contribution in [3.8, 4) is 0 Å². The largest absolute Gasteiger partial charge is 0.444 e. The summed E-state index contributed by atoms with van der Waals surface area (Å²) in [5, 5.41) is 7.46. The summed E-state index contributed by atoms with van der Waals surface area (Å²) in [5.41, 5.74) is 1.66. The van der Waals surface area contributed by atoms with Gasteiger partial charge in [0.15, 0.2) is 0 Å². The first-order valence-electron chi connectivity index (χ1n) is 11.1. The molecule has 0 aromatic heterocycles. The maximum atomic E-state index is 13.4. The molecule has 0 saturated heterocycles. The molecule has 0 fully saturated rings. The number of carbonyl (C=O) groups is 3. The first-order chi connectivity index (χ1) is 16.0. The minimum Gasteiger partial charge on any atom is -0.444 e. The summed E-state index contributed by atoms with van der Waals surface area (Å²) >= 11 is 0. The summed E-state index contributed by atoms with van der Waals surface area (Å²) in [6, 6.07) is 20.1. The van der Waals surface area contributed by atoms with Crippen molar-refractivity contribution < 1.29 is 19.1 Å². The number of alkyl carbamates (subject to hydrolysis) is 1. The smallest absolute Gasteiger partial charge is 0.408 e. The molecule has 3 rings (SSSR count). The Morgan fingerprint density at radius 3 is 2.24 bits per heavy atom. The normalized spacial score (nSPS) is 12.0. The second-order valence-electron chi connectivity index (χ2n) is 9.22. The van der Waals surface area contributed by atoms with E-state index in [1.807, 2.05) is 73.7 Å². The van der Waals surface area contributed by atoms with Gasteiger partial charge in [-0.3, -0.25) is 9.59 Å². The molecule has 2 N–H and O–H groups in total. The molecule has 0 aliphatic carbocycles. The Hall–Kier alpha value is -3.87. The SMILES string of the molecule is Cc1ccc(C(C(=O)Nc2ccc3ccccc3c2)N(C)C(=O)CNC(=O)OC(C)(C)C)cc1. The van der Waals surface area contributed by atoms with E-state index in [-0.39, 0.29) is 12.5 Å². The predicted octanol–water partition coefficient (Wildman–Crippen LogP) is 4.81. The number of rotatable bonds is 6. The van der Waals surface area contributed by atoms with Gasteiger partial charge in [0, 0.05) is 12.7 Å². The molecule has 7 nitrogen and oxygen atoms in total. The fourth-order valence-corrected chi connectivity index (χ4v) is 3.51. The van der Waals surface area contributed by atoms with Gasteiger partial charge >= 0.3 is 6.09 Å². The molecule has 3 aromatic rings. The summed E-state index contributed by atoms with van der Waals surface area (Å²) < 4.78 is 5.19. The van der Waals surface area contributed by atoms with Gasteiger partial charge in [-0.05, 0) is 56.2 Å². The van der Waals surface area contributed by atoms with Crippen LogP contribution in [0.1, 0.15) is 37.9 Å². The molecule has 0 radical (unpaired) electrons. The molecule has 0 saturated carbocycles. The highest BCUT2D eigenvalue weighted by Crippen LogP contribution is 2.24. The summed E-state index contributed by atoms with van der Waals surface area (Å²) in [7, 11) is 1.55. The lowest BCUT2D eigenvalue weighted by atomic mass is 10.0. The summed E-state index contributed by atoms with van der Waals surface area (Å²) in [6.45, 7) is 6.88. The van der Waals surface area contributed by atoms with E-state index in [0.29, 0.717) is 11.3 Å². The van der Waals surface area contributed by atoms with Crippen LogP contribution in [0, 0.1) is 6.92 Å². The highest BCUT2D eigenvalue weighted by molar-refractivity contribution is 5.99. The van der Waals surface area contributed by atoms with Crippen molar-refractivity contribution in [1.82, 2.24) is 10.2 Å². The van der Waals surface area contributed by atoms with Gasteiger partial charge in [-0.15, -0.1) is 0 Å². The van der Waals surface area contributed by atoms with Crippen LogP contribution in [0.25, 0.3) is 10.8 Å². The van der Waals surface area contributed by atoms with Gasteiger partial charge in [0.2, 0.25) is 5.91 Å². The van der Waals surface area contributed by atoms with E-state index in [1.54, 1.807) is 27.8 Å². The average Bonchev–Trinajstić information content (AvgIpc) is 2.77. The number of benzene rings is 3. The maximum Gasteiger partial charge on any atom is 0.408 e. The number of hydrogen-bond acceptors (Lipinski definition) is 4. The van der Waals surface area contributed by atoms with Crippen molar-refractivity contribution in [3.63, 3.8) is 0 Å². The van der Waals surface area contributed by atoms with Crippen molar-refractivity contribution in [3.05, 3.63) is 77.9 Å². The van der Waals surface area contributed by atoms with Crippen molar-refractivity contribution in [2.45, 2.75) is 39.3 Å². The first kappa shape index (κ1) is 24.8. The number of nitrogens with zero attached hydrogens (tertiary/aromatic N) is 1. The molecule has 3 aromatic carbocycles. The third kappa shape index (κ3) is 6.57. The minimum absolute atomic E-state index is 0.295. The zero-order chi connectivity index (χ0) is 24.9. The lowest BCUT2D eigenvalue weighted by molar-refractivity contribution is -0.136. The van der Waals surface area contributed by atoms with Crippen molar-refractivity contribution in [1.29, 1.82) is 0 Å². The Morgan fingerprint density at radius 2 is 1.59 bits per heavy atom. The quantitative estimate of drug-likeness (QED) is 0.551. The fourth-order valence-electron chi connectivity index (χ4n) is 3.51. The monoisotopic (exact) mass is 461 g/mol. The summed E-state index contributed by atoms with van der Waals surface area (Å²) in [4.78, 5) is 39.6. The number of hydrogen-bond donors (Lipinski definition) is 2. The lowest BCUT2D eigenvalue weighted by Crippen LogP contribution is -2.44. The van der Waals surface area contributed by atoms with Gasteiger partial charge < -0.3 is 20.3 Å². The zero-order valence-corrected chi connectivity index (χ0v) is 20.2. The number of nitrogens with one attached hydrogen (secondary N) is 2. The van der Waals surface area contributed by atoms with Crippen LogP contribution >= 0.6 is 0 Å². The molecule has 7 heteroatoms. The number of likely N-dealkylation sites (N-methyl/N-ethyl adjacent to an activating group) is 1. The molecule has 178 valence electrons. The van der Waals surface area contributed by atoms with Gasteiger partial charge in [-0.1, -0.05) is 60.2 Å². The van der Waals surface area contributed by atoms with Crippen LogP contribution in [0.3, 0.4) is 0 Å². The van der Waals surface area contributed by atoms with E-state index in [1.165, 1.54) is 4.90 Å². The third-order valence-electron chi connectivity index (χ3n) is 5.22. The van der Waals surface area contributed by atoms with Gasteiger partial charge in [0.25, 0.3) is 5.91 Å². The molecular formula is C27H31N3O4. The Morgan fingerprint density at radius 1 is 0.941 bits per heavy atom. The van der Waals surface area contributed by atoms with Crippen LogP contribution in [0.5, 0.6) is 0 Å². The predicted molar refractivity (Wildman–Crippen MR) is 134 cm³/mol. The number of anilines is 1. The highest BCUT2D eigenvalue weighted by atomic mass is 16.6. The van der Waals surface area contributed by atoms with Gasteiger partial charge in [-0.25, -0.2) is 4.79 Å². The van der Waals surface area contributed by atoms with E-state index in [4.69, 9.17) is 4.74 Å². The molecule has 0 heterocycles. The Kier molecular flexibility index (Phi) is 7.56. The van der Waals surface area contributed by atoms with E-state index >= 15 is 0 Å². The highest BCUT2D eigenvalue weighted by Gasteiger charge is 2.29. The number of fused-ring (bicyclic) bond motifs is 1. The van der Waals surface area contributed by atoms with Crippen LogP contribution in [-0.4, -0.2) is 42.0 Å². The zero-order valence-electron chi connectivity index (χ0n) is 20.2.